The van der Waals surface area contributed by atoms with Crippen LogP contribution in [0.4, 0.5) is 0 Å². The maximum absolute atomic E-state index is 12.6. The number of imidazole rings is 1. The number of fused-ring (bicyclic) bond motifs is 1. The molecule has 0 aliphatic carbocycles. The molecule has 2 aromatic heterocycles. The highest BCUT2D eigenvalue weighted by Crippen LogP contribution is 2.25. The van der Waals surface area contributed by atoms with Crippen molar-refractivity contribution in [1.29, 1.82) is 0 Å². The van der Waals surface area contributed by atoms with Crippen LogP contribution in [0.25, 0.3) is 11.2 Å². The van der Waals surface area contributed by atoms with Crippen molar-refractivity contribution in [2.24, 2.45) is 14.1 Å². The van der Waals surface area contributed by atoms with Gasteiger partial charge in [-0.2, -0.15) is 0 Å². The quantitative estimate of drug-likeness (QED) is 0.708. The number of hydrogen-bond donors (Lipinski definition) is 1. The number of amides is 1. The molecular formula is C17H17Cl2N5O3. The van der Waals surface area contributed by atoms with Crippen LogP contribution in [-0.2, 0) is 25.4 Å². The van der Waals surface area contributed by atoms with E-state index in [1.54, 1.807) is 32.2 Å². The predicted molar refractivity (Wildman–Crippen MR) is 103 cm³/mol. The minimum Gasteiger partial charge on any atom is -0.348 e. The lowest BCUT2D eigenvalue weighted by Crippen LogP contribution is -2.43. The second-order valence-corrected chi connectivity index (χ2v) is 7.04. The van der Waals surface area contributed by atoms with Crippen LogP contribution in [0.5, 0.6) is 0 Å². The van der Waals surface area contributed by atoms with Gasteiger partial charge < -0.3 is 9.88 Å². The van der Waals surface area contributed by atoms with E-state index >= 15 is 0 Å². The van der Waals surface area contributed by atoms with Gasteiger partial charge in [0.05, 0.1) is 22.4 Å². The molecule has 0 aliphatic rings. The molecule has 0 aliphatic heterocycles. The van der Waals surface area contributed by atoms with Gasteiger partial charge in [0.2, 0.25) is 5.91 Å². The minimum absolute atomic E-state index is 0.252. The van der Waals surface area contributed by atoms with Crippen LogP contribution in [0.2, 0.25) is 10.0 Å². The first kappa shape index (κ1) is 19.2. The molecule has 0 spiro atoms. The van der Waals surface area contributed by atoms with E-state index in [0.717, 1.165) is 10.1 Å². The highest BCUT2D eigenvalue weighted by Gasteiger charge is 2.18. The number of aryl methyl sites for hydroxylation is 2. The predicted octanol–water partition coefficient (Wildman–Crippen LogP) is 1.62. The number of benzene rings is 1. The molecule has 1 aromatic carbocycles. The Morgan fingerprint density at radius 2 is 1.93 bits per heavy atom. The molecule has 0 fully saturated rings. The Labute approximate surface area is 163 Å². The van der Waals surface area contributed by atoms with E-state index in [1.807, 2.05) is 0 Å². The van der Waals surface area contributed by atoms with Gasteiger partial charge in [-0.1, -0.05) is 29.3 Å². The Balaban J connectivity index is 1.88. The van der Waals surface area contributed by atoms with Gasteiger partial charge in [0.1, 0.15) is 6.54 Å². The number of halogens is 2. The maximum atomic E-state index is 12.6. The molecule has 1 atom stereocenters. The SMILES string of the molecule is C[C@@H](NC(=O)Cn1c(=O)c2c(ncn2C)n(C)c1=O)c1ccc(Cl)c(Cl)c1. The lowest BCUT2D eigenvalue weighted by molar-refractivity contribution is -0.122. The van der Waals surface area contributed by atoms with Crippen LogP contribution >= 0.6 is 23.2 Å². The van der Waals surface area contributed by atoms with Gasteiger partial charge in [0.15, 0.2) is 11.2 Å². The molecule has 1 N–H and O–H groups in total. The maximum Gasteiger partial charge on any atom is 0.332 e. The molecule has 0 bridgehead atoms. The molecule has 8 nitrogen and oxygen atoms in total. The molecule has 3 rings (SSSR count). The normalized spacial score (nSPS) is 12.3. The number of aromatic nitrogens is 4. The Morgan fingerprint density at radius 3 is 2.59 bits per heavy atom. The van der Waals surface area contributed by atoms with Gasteiger partial charge in [-0.15, -0.1) is 0 Å². The Kier molecular flexibility index (Phi) is 5.12. The third kappa shape index (κ3) is 3.50. The van der Waals surface area contributed by atoms with Crippen molar-refractivity contribution in [1.82, 2.24) is 24.0 Å². The van der Waals surface area contributed by atoms with Crippen LogP contribution < -0.4 is 16.6 Å². The van der Waals surface area contributed by atoms with Gasteiger partial charge in [-0.25, -0.2) is 14.3 Å². The van der Waals surface area contributed by atoms with Gasteiger partial charge >= 0.3 is 5.69 Å². The largest absolute Gasteiger partial charge is 0.348 e. The summed E-state index contributed by atoms with van der Waals surface area (Å²) in [5.74, 6) is -0.478. The van der Waals surface area contributed by atoms with Gasteiger partial charge in [0, 0.05) is 14.1 Å². The minimum atomic E-state index is -0.608. The first-order valence-electron chi connectivity index (χ1n) is 8.06. The third-order valence-corrected chi connectivity index (χ3v) is 5.06. The van der Waals surface area contributed by atoms with E-state index in [1.165, 1.54) is 22.5 Å². The number of carbonyl (C=O) groups is 1. The Morgan fingerprint density at radius 1 is 1.22 bits per heavy atom. The summed E-state index contributed by atoms with van der Waals surface area (Å²) in [5.41, 5.74) is 0.102. The summed E-state index contributed by atoms with van der Waals surface area (Å²) in [6.07, 6.45) is 1.45. The standard InChI is InChI=1S/C17H17Cl2N5O3/c1-9(10-4-5-11(18)12(19)6-10)21-13(25)7-24-16(26)14-15(20-8-22(14)2)23(3)17(24)27/h4-6,8-9H,7H2,1-3H3,(H,21,25)/t9-/m1/s1. The lowest BCUT2D eigenvalue weighted by Gasteiger charge is -2.16. The highest BCUT2D eigenvalue weighted by atomic mass is 35.5. The molecule has 10 heteroatoms. The fourth-order valence-corrected chi connectivity index (χ4v) is 3.14. The summed E-state index contributed by atoms with van der Waals surface area (Å²) < 4.78 is 3.65. The van der Waals surface area contributed by atoms with Crippen LogP contribution in [0.1, 0.15) is 18.5 Å². The molecule has 0 unspecified atom stereocenters. The molecule has 0 saturated carbocycles. The zero-order valence-corrected chi connectivity index (χ0v) is 16.4. The molecule has 0 radical (unpaired) electrons. The number of nitrogens with one attached hydrogen (secondary N) is 1. The second kappa shape index (κ2) is 7.21. The Hall–Kier alpha value is -2.58. The number of rotatable bonds is 4. The van der Waals surface area contributed by atoms with Crippen LogP contribution in [0.15, 0.2) is 34.1 Å². The summed E-state index contributed by atoms with van der Waals surface area (Å²) in [5, 5.41) is 3.54. The first-order valence-corrected chi connectivity index (χ1v) is 8.81. The van der Waals surface area contributed by atoms with E-state index < -0.39 is 23.7 Å². The van der Waals surface area contributed by atoms with E-state index in [4.69, 9.17) is 23.2 Å². The van der Waals surface area contributed by atoms with Gasteiger partial charge in [-0.05, 0) is 24.6 Å². The number of nitrogens with zero attached hydrogens (tertiary/aromatic N) is 4. The monoisotopic (exact) mass is 409 g/mol. The topological polar surface area (TPSA) is 90.9 Å². The number of carbonyl (C=O) groups excluding carboxylic acids is 1. The summed E-state index contributed by atoms with van der Waals surface area (Å²) in [4.78, 5) is 41.6. The van der Waals surface area contributed by atoms with Crippen molar-refractivity contribution in [2.75, 3.05) is 0 Å². The molecule has 1 amide bonds. The summed E-state index contributed by atoms with van der Waals surface area (Å²) >= 11 is 11.9. The van der Waals surface area contributed by atoms with Crippen LogP contribution in [-0.4, -0.2) is 24.6 Å². The van der Waals surface area contributed by atoms with E-state index in [9.17, 15) is 14.4 Å². The van der Waals surface area contributed by atoms with Crippen molar-refractivity contribution in [2.45, 2.75) is 19.5 Å². The zero-order valence-electron chi connectivity index (χ0n) is 14.9. The molecular weight excluding hydrogens is 393 g/mol. The van der Waals surface area contributed by atoms with Gasteiger partial charge in [-0.3, -0.25) is 14.2 Å². The van der Waals surface area contributed by atoms with E-state index in [0.29, 0.717) is 10.0 Å². The van der Waals surface area contributed by atoms with Crippen molar-refractivity contribution in [3.8, 4) is 0 Å². The summed E-state index contributed by atoms with van der Waals surface area (Å²) in [6, 6.07) is 4.65. The first-order chi connectivity index (χ1) is 12.7. The summed E-state index contributed by atoms with van der Waals surface area (Å²) in [6.45, 7) is 1.36. The van der Waals surface area contributed by atoms with E-state index in [2.05, 4.69) is 10.3 Å². The average molecular weight is 410 g/mol. The van der Waals surface area contributed by atoms with Crippen LogP contribution in [0, 0.1) is 0 Å². The average Bonchev–Trinajstić information content (AvgIpc) is 3.01. The third-order valence-electron chi connectivity index (χ3n) is 4.32. The second-order valence-electron chi connectivity index (χ2n) is 6.22. The van der Waals surface area contributed by atoms with Crippen molar-refractivity contribution in [3.63, 3.8) is 0 Å². The molecule has 0 saturated heterocycles. The molecule has 2 heterocycles. The highest BCUT2D eigenvalue weighted by molar-refractivity contribution is 6.42. The summed E-state index contributed by atoms with van der Waals surface area (Å²) in [7, 11) is 3.15. The smallest absolute Gasteiger partial charge is 0.332 e. The van der Waals surface area contributed by atoms with Crippen molar-refractivity contribution >= 4 is 40.3 Å². The van der Waals surface area contributed by atoms with Crippen molar-refractivity contribution < 1.29 is 4.79 Å². The molecule has 3 aromatic rings. The van der Waals surface area contributed by atoms with Gasteiger partial charge in [0.25, 0.3) is 5.56 Å². The molecule has 142 valence electrons. The van der Waals surface area contributed by atoms with Crippen LogP contribution in [0.3, 0.4) is 0 Å². The lowest BCUT2D eigenvalue weighted by atomic mass is 10.1. The zero-order chi connectivity index (χ0) is 19.9. The molecule has 27 heavy (non-hydrogen) atoms. The van der Waals surface area contributed by atoms with Crippen molar-refractivity contribution in [3.05, 3.63) is 61.0 Å². The number of hydrogen-bond acceptors (Lipinski definition) is 4. The fraction of sp³-hybridized carbons (Fsp3) is 0.294. The van der Waals surface area contributed by atoms with E-state index in [-0.39, 0.29) is 17.2 Å². The Bertz CT molecular complexity index is 1160. The fourth-order valence-electron chi connectivity index (χ4n) is 2.83.